The van der Waals surface area contributed by atoms with E-state index in [0.29, 0.717) is 18.0 Å². The zero-order valence-electron chi connectivity index (χ0n) is 10.7. The lowest BCUT2D eigenvalue weighted by atomic mass is 10.1. The van der Waals surface area contributed by atoms with E-state index in [4.69, 9.17) is 4.74 Å². The highest BCUT2D eigenvalue weighted by Crippen LogP contribution is 2.35. The number of methoxy groups -OCH3 is 2. The molecule has 0 aromatic heterocycles. The number of carbonyl (C=O) groups excluding carboxylic acids is 2. The summed E-state index contributed by atoms with van der Waals surface area (Å²) in [5.41, 5.74) is 0.669. The molecule has 0 N–H and O–H groups in total. The number of anilines is 1. The molecule has 0 saturated carbocycles. The van der Waals surface area contributed by atoms with Gasteiger partial charge in [0.05, 0.1) is 25.8 Å². The molecule has 1 atom stereocenters. The molecule has 2 rings (SSSR count). The van der Waals surface area contributed by atoms with Crippen molar-refractivity contribution in [2.24, 2.45) is 5.92 Å². The molecule has 1 aliphatic heterocycles. The topological polar surface area (TPSA) is 55.8 Å². The van der Waals surface area contributed by atoms with E-state index in [9.17, 15) is 9.59 Å². The molecule has 1 aromatic rings. The molecule has 0 spiro atoms. The lowest BCUT2D eigenvalue weighted by Gasteiger charge is -2.19. The molecule has 102 valence electrons. The third-order valence-electron chi connectivity index (χ3n) is 3.09. The number of rotatable bonds is 3. The van der Waals surface area contributed by atoms with Crippen molar-refractivity contribution in [2.75, 3.05) is 25.7 Å². The highest BCUT2D eigenvalue weighted by atomic mass is 79.9. The van der Waals surface area contributed by atoms with Crippen LogP contribution in [0.2, 0.25) is 0 Å². The van der Waals surface area contributed by atoms with Crippen LogP contribution in [0.15, 0.2) is 22.7 Å². The van der Waals surface area contributed by atoms with Gasteiger partial charge in [0, 0.05) is 17.4 Å². The maximum atomic E-state index is 12.0. The third kappa shape index (κ3) is 2.73. The minimum atomic E-state index is -0.411. The number of ether oxygens (including phenoxy) is 2. The Morgan fingerprint density at radius 2 is 2.16 bits per heavy atom. The average molecular weight is 328 g/mol. The lowest BCUT2D eigenvalue weighted by Crippen LogP contribution is -2.26. The van der Waals surface area contributed by atoms with Gasteiger partial charge in [-0.3, -0.25) is 9.59 Å². The summed E-state index contributed by atoms with van der Waals surface area (Å²) in [6.07, 6.45) is 0.173. The highest BCUT2D eigenvalue weighted by Gasteiger charge is 2.36. The second-order valence-corrected chi connectivity index (χ2v) is 5.16. The maximum Gasteiger partial charge on any atom is 0.311 e. The van der Waals surface area contributed by atoms with E-state index in [2.05, 4.69) is 20.7 Å². The van der Waals surface area contributed by atoms with Crippen LogP contribution < -0.4 is 9.64 Å². The molecule has 1 fully saturated rings. The lowest BCUT2D eigenvalue weighted by molar-refractivity contribution is -0.145. The monoisotopic (exact) mass is 327 g/mol. The van der Waals surface area contributed by atoms with Crippen LogP contribution in [0.4, 0.5) is 5.69 Å². The van der Waals surface area contributed by atoms with Crippen LogP contribution in [-0.2, 0) is 14.3 Å². The van der Waals surface area contributed by atoms with Crippen LogP contribution >= 0.6 is 15.9 Å². The van der Waals surface area contributed by atoms with Crippen molar-refractivity contribution in [3.63, 3.8) is 0 Å². The Morgan fingerprint density at radius 3 is 2.79 bits per heavy atom. The molecule has 1 unspecified atom stereocenters. The van der Waals surface area contributed by atoms with Crippen molar-refractivity contribution < 1.29 is 19.1 Å². The van der Waals surface area contributed by atoms with Gasteiger partial charge in [0.25, 0.3) is 0 Å². The van der Waals surface area contributed by atoms with Crippen molar-refractivity contribution in [1.29, 1.82) is 0 Å². The summed E-state index contributed by atoms with van der Waals surface area (Å²) >= 11 is 3.35. The Labute approximate surface area is 119 Å². The zero-order valence-corrected chi connectivity index (χ0v) is 12.3. The number of hydrogen-bond donors (Lipinski definition) is 0. The number of hydrogen-bond acceptors (Lipinski definition) is 4. The molecule has 0 aliphatic carbocycles. The number of amides is 1. The first kappa shape index (κ1) is 13.9. The van der Waals surface area contributed by atoms with E-state index in [0.717, 1.165) is 4.47 Å². The molecule has 6 heteroatoms. The number of benzene rings is 1. The van der Waals surface area contributed by atoms with Gasteiger partial charge in [-0.25, -0.2) is 0 Å². The molecular formula is C13H14BrNO4. The summed E-state index contributed by atoms with van der Waals surface area (Å²) < 4.78 is 10.8. The van der Waals surface area contributed by atoms with Gasteiger partial charge in [0.1, 0.15) is 5.75 Å². The van der Waals surface area contributed by atoms with Crippen LogP contribution in [0.1, 0.15) is 6.42 Å². The van der Waals surface area contributed by atoms with Gasteiger partial charge in [-0.05, 0) is 18.2 Å². The van der Waals surface area contributed by atoms with Crippen molar-refractivity contribution in [3.05, 3.63) is 22.7 Å². The van der Waals surface area contributed by atoms with Crippen LogP contribution in [0.25, 0.3) is 0 Å². The van der Waals surface area contributed by atoms with Gasteiger partial charge in [-0.2, -0.15) is 0 Å². The second kappa shape index (κ2) is 5.61. The molecule has 0 bridgehead atoms. The molecule has 1 amide bonds. The standard InChI is InChI=1S/C13H14BrNO4/c1-18-11-6-9(14)3-4-10(11)15-7-8(5-12(15)16)13(17)19-2/h3-4,6,8H,5,7H2,1-2H3. The van der Waals surface area contributed by atoms with Crippen LogP contribution in [0.5, 0.6) is 5.75 Å². The summed E-state index contributed by atoms with van der Waals surface area (Å²) in [6, 6.07) is 5.41. The van der Waals surface area contributed by atoms with Crippen molar-refractivity contribution in [1.82, 2.24) is 0 Å². The minimum Gasteiger partial charge on any atom is -0.495 e. The first-order chi connectivity index (χ1) is 9.06. The van der Waals surface area contributed by atoms with E-state index in [1.165, 1.54) is 7.11 Å². The Bertz CT molecular complexity index is 517. The van der Waals surface area contributed by atoms with Gasteiger partial charge < -0.3 is 14.4 Å². The Morgan fingerprint density at radius 1 is 1.42 bits per heavy atom. The molecule has 1 aliphatic rings. The van der Waals surface area contributed by atoms with Gasteiger partial charge >= 0.3 is 5.97 Å². The number of halogens is 1. The fraction of sp³-hybridized carbons (Fsp3) is 0.385. The number of carbonyl (C=O) groups is 2. The predicted octanol–water partition coefficient (Wildman–Crippen LogP) is 1.98. The fourth-order valence-electron chi connectivity index (χ4n) is 2.14. The Balaban J connectivity index is 2.28. The van der Waals surface area contributed by atoms with E-state index < -0.39 is 5.92 Å². The van der Waals surface area contributed by atoms with E-state index in [1.54, 1.807) is 24.1 Å². The normalized spacial score (nSPS) is 18.6. The highest BCUT2D eigenvalue weighted by molar-refractivity contribution is 9.10. The molecule has 5 nitrogen and oxygen atoms in total. The quantitative estimate of drug-likeness (QED) is 0.796. The largest absolute Gasteiger partial charge is 0.495 e. The summed E-state index contributed by atoms with van der Waals surface area (Å²) in [6.45, 7) is 0.323. The van der Waals surface area contributed by atoms with Crippen LogP contribution in [0.3, 0.4) is 0 Å². The second-order valence-electron chi connectivity index (χ2n) is 4.24. The van der Waals surface area contributed by atoms with Crippen molar-refractivity contribution in [2.45, 2.75) is 6.42 Å². The average Bonchev–Trinajstić information content (AvgIpc) is 2.79. The van der Waals surface area contributed by atoms with Gasteiger partial charge in [0.2, 0.25) is 5.91 Å². The predicted molar refractivity (Wildman–Crippen MR) is 73.2 cm³/mol. The molecule has 19 heavy (non-hydrogen) atoms. The smallest absolute Gasteiger partial charge is 0.311 e. The first-order valence-corrected chi connectivity index (χ1v) is 6.58. The van der Waals surface area contributed by atoms with Crippen LogP contribution in [0, 0.1) is 5.92 Å². The molecular weight excluding hydrogens is 314 g/mol. The SMILES string of the molecule is COC(=O)C1CC(=O)N(c2ccc(Br)cc2OC)C1. The minimum absolute atomic E-state index is 0.101. The molecule has 0 radical (unpaired) electrons. The number of nitrogens with zero attached hydrogens (tertiary/aromatic N) is 1. The first-order valence-electron chi connectivity index (χ1n) is 5.78. The van der Waals surface area contributed by atoms with Crippen LogP contribution in [-0.4, -0.2) is 32.6 Å². The third-order valence-corrected chi connectivity index (χ3v) is 3.59. The summed E-state index contributed by atoms with van der Waals surface area (Å²) in [4.78, 5) is 25.1. The van der Waals surface area contributed by atoms with Gasteiger partial charge in [-0.15, -0.1) is 0 Å². The Kier molecular flexibility index (Phi) is 4.09. The van der Waals surface area contributed by atoms with Crippen molar-refractivity contribution >= 4 is 33.5 Å². The Hall–Kier alpha value is -1.56. The van der Waals surface area contributed by atoms with E-state index in [1.807, 2.05) is 6.07 Å². The zero-order chi connectivity index (χ0) is 14.0. The van der Waals surface area contributed by atoms with Gasteiger partial charge in [-0.1, -0.05) is 15.9 Å². The molecule has 1 heterocycles. The van der Waals surface area contributed by atoms with Gasteiger partial charge in [0.15, 0.2) is 0 Å². The van der Waals surface area contributed by atoms with E-state index in [-0.39, 0.29) is 18.3 Å². The molecule has 1 aromatic carbocycles. The summed E-state index contributed by atoms with van der Waals surface area (Å²) in [5, 5.41) is 0. The van der Waals surface area contributed by atoms with E-state index >= 15 is 0 Å². The molecule has 1 saturated heterocycles. The maximum absolute atomic E-state index is 12.0. The summed E-state index contributed by atoms with van der Waals surface area (Å²) in [5.74, 6) is -0.276. The summed E-state index contributed by atoms with van der Waals surface area (Å²) in [7, 11) is 2.87. The van der Waals surface area contributed by atoms with Crippen molar-refractivity contribution in [3.8, 4) is 5.75 Å². The fourth-order valence-corrected chi connectivity index (χ4v) is 2.48. The number of esters is 1.